The van der Waals surface area contributed by atoms with Gasteiger partial charge >= 0.3 is 5.97 Å². The fraction of sp³-hybridized carbons (Fsp3) is 0.364. The van der Waals surface area contributed by atoms with Gasteiger partial charge in [0.25, 0.3) is 5.91 Å². The van der Waals surface area contributed by atoms with Crippen LogP contribution in [0.5, 0.6) is 5.75 Å². The summed E-state index contributed by atoms with van der Waals surface area (Å²) in [5, 5.41) is 2.70. The third-order valence-corrected chi connectivity index (χ3v) is 5.66. The first-order chi connectivity index (χ1) is 14.7. The number of anilines is 1. The third kappa shape index (κ3) is 8.39. The molecule has 0 aliphatic carbocycles. The molecule has 8 nitrogen and oxygen atoms in total. The zero-order valence-electron chi connectivity index (χ0n) is 18.0. The lowest BCUT2D eigenvalue weighted by Gasteiger charge is -2.14. The summed E-state index contributed by atoms with van der Waals surface area (Å²) < 4.78 is 34.8. The molecule has 2 aromatic rings. The van der Waals surface area contributed by atoms with Crippen molar-refractivity contribution in [1.29, 1.82) is 0 Å². The standard InChI is InChI=1S/C22H28N2O6S/c1-4-5-14-29-22(26)18-8-10-19(11-9-18)23-21(25)16-30-20-12-6-17(7-13-20)15-24(2)31(3,27)28/h6-13H,4-5,14-16H2,1-3H3,(H,23,25). The lowest BCUT2D eigenvalue weighted by molar-refractivity contribution is -0.118. The molecule has 0 saturated carbocycles. The largest absolute Gasteiger partial charge is 0.484 e. The molecule has 0 spiro atoms. The molecule has 168 valence electrons. The summed E-state index contributed by atoms with van der Waals surface area (Å²) in [6.45, 7) is 2.47. The maximum absolute atomic E-state index is 12.1. The second-order valence-corrected chi connectivity index (χ2v) is 9.16. The van der Waals surface area contributed by atoms with E-state index in [0.717, 1.165) is 24.7 Å². The number of carbonyl (C=O) groups excluding carboxylic acids is 2. The summed E-state index contributed by atoms with van der Waals surface area (Å²) in [7, 11) is -1.75. The van der Waals surface area contributed by atoms with Crippen LogP contribution in [0.2, 0.25) is 0 Å². The molecular weight excluding hydrogens is 420 g/mol. The Labute approximate surface area is 183 Å². The highest BCUT2D eigenvalue weighted by Crippen LogP contribution is 2.15. The maximum atomic E-state index is 12.1. The number of ether oxygens (including phenoxy) is 2. The number of hydrogen-bond donors (Lipinski definition) is 1. The van der Waals surface area contributed by atoms with Crippen LogP contribution in [0.25, 0.3) is 0 Å². The van der Waals surface area contributed by atoms with E-state index < -0.39 is 10.0 Å². The lowest BCUT2D eigenvalue weighted by Crippen LogP contribution is -2.24. The van der Waals surface area contributed by atoms with Crippen molar-refractivity contribution in [1.82, 2.24) is 4.31 Å². The number of amides is 1. The molecule has 2 rings (SSSR count). The van der Waals surface area contributed by atoms with Crippen molar-refractivity contribution in [2.45, 2.75) is 26.3 Å². The van der Waals surface area contributed by atoms with E-state index in [2.05, 4.69) is 5.32 Å². The topological polar surface area (TPSA) is 102 Å². The van der Waals surface area contributed by atoms with Gasteiger partial charge in [0.05, 0.1) is 18.4 Å². The number of nitrogens with one attached hydrogen (secondary N) is 1. The van der Waals surface area contributed by atoms with Crippen molar-refractivity contribution in [2.75, 3.05) is 31.8 Å². The number of carbonyl (C=O) groups is 2. The molecule has 0 radical (unpaired) electrons. The van der Waals surface area contributed by atoms with Gasteiger partial charge in [-0.25, -0.2) is 17.5 Å². The molecule has 0 aliphatic heterocycles. The number of sulfonamides is 1. The average Bonchev–Trinajstić information content (AvgIpc) is 2.73. The fourth-order valence-corrected chi connectivity index (χ4v) is 2.88. The normalized spacial score (nSPS) is 11.2. The van der Waals surface area contributed by atoms with Gasteiger partial charge in [-0.05, 0) is 48.4 Å². The maximum Gasteiger partial charge on any atom is 0.338 e. The van der Waals surface area contributed by atoms with Gasteiger partial charge in [0.2, 0.25) is 10.0 Å². The van der Waals surface area contributed by atoms with Crippen molar-refractivity contribution in [3.63, 3.8) is 0 Å². The fourth-order valence-electron chi connectivity index (χ4n) is 2.49. The Morgan fingerprint density at radius 1 is 1.03 bits per heavy atom. The Bertz CT molecular complexity index is 972. The van der Waals surface area contributed by atoms with E-state index in [1.165, 1.54) is 11.4 Å². The third-order valence-electron chi connectivity index (χ3n) is 4.40. The van der Waals surface area contributed by atoms with E-state index in [1.54, 1.807) is 48.5 Å². The summed E-state index contributed by atoms with van der Waals surface area (Å²) in [4.78, 5) is 24.0. The highest BCUT2D eigenvalue weighted by atomic mass is 32.2. The predicted octanol–water partition coefficient (Wildman–Crippen LogP) is 3.05. The minimum absolute atomic E-state index is 0.191. The van der Waals surface area contributed by atoms with Gasteiger partial charge in [-0.2, -0.15) is 0 Å². The van der Waals surface area contributed by atoms with Crippen LogP contribution in [0.15, 0.2) is 48.5 Å². The molecule has 2 aromatic carbocycles. The molecule has 0 fully saturated rings. The van der Waals surface area contributed by atoms with Crippen LogP contribution < -0.4 is 10.1 Å². The van der Waals surface area contributed by atoms with Crippen LogP contribution in [-0.2, 0) is 26.1 Å². The first-order valence-corrected chi connectivity index (χ1v) is 11.7. The summed E-state index contributed by atoms with van der Waals surface area (Å²) in [5.74, 6) is -0.244. The number of benzene rings is 2. The number of unbranched alkanes of at least 4 members (excludes halogenated alkanes) is 1. The van der Waals surface area contributed by atoms with E-state index in [1.807, 2.05) is 6.92 Å². The Balaban J connectivity index is 1.80. The first-order valence-electron chi connectivity index (χ1n) is 9.89. The van der Waals surface area contributed by atoms with Gasteiger partial charge < -0.3 is 14.8 Å². The van der Waals surface area contributed by atoms with Crippen LogP contribution in [0.1, 0.15) is 35.7 Å². The Morgan fingerprint density at radius 2 is 1.68 bits per heavy atom. The zero-order valence-corrected chi connectivity index (χ0v) is 18.8. The van der Waals surface area contributed by atoms with Crippen LogP contribution in [-0.4, -0.2) is 51.1 Å². The van der Waals surface area contributed by atoms with Gasteiger partial charge in [0.1, 0.15) is 5.75 Å². The quantitative estimate of drug-likeness (QED) is 0.419. The lowest BCUT2D eigenvalue weighted by atomic mass is 10.2. The minimum Gasteiger partial charge on any atom is -0.484 e. The molecule has 9 heteroatoms. The Hall–Kier alpha value is -2.91. The molecule has 1 amide bonds. The molecule has 0 aliphatic rings. The second-order valence-electron chi connectivity index (χ2n) is 7.07. The van der Waals surface area contributed by atoms with E-state index >= 15 is 0 Å². The smallest absolute Gasteiger partial charge is 0.338 e. The zero-order chi connectivity index (χ0) is 22.9. The molecule has 1 N–H and O–H groups in total. The second kappa shape index (κ2) is 11.5. The monoisotopic (exact) mass is 448 g/mol. The summed E-state index contributed by atoms with van der Waals surface area (Å²) in [5.41, 5.74) is 1.77. The molecule has 0 unspecified atom stereocenters. The highest BCUT2D eigenvalue weighted by Gasteiger charge is 2.12. The highest BCUT2D eigenvalue weighted by molar-refractivity contribution is 7.88. The van der Waals surface area contributed by atoms with Gasteiger partial charge in [0, 0.05) is 19.3 Å². The Morgan fingerprint density at radius 3 is 2.26 bits per heavy atom. The van der Waals surface area contributed by atoms with Crippen molar-refractivity contribution in [3.8, 4) is 5.75 Å². The van der Waals surface area contributed by atoms with Gasteiger partial charge in [-0.15, -0.1) is 0 Å². The minimum atomic E-state index is -3.25. The van der Waals surface area contributed by atoms with Crippen LogP contribution in [0.4, 0.5) is 5.69 Å². The van der Waals surface area contributed by atoms with Crippen LogP contribution >= 0.6 is 0 Å². The van der Waals surface area contributed by atoms with E-state index in [0.29, 0.717) is 23.6 Å². The number of hydrogen-bond acceptors (Lipinski definition) is 6. The van der Waals surface area contributed by atoms with Crippen LogP contribution in [0, 0.1) is 0 Å². The molecule has 0 aromatic heterocycles. The van der Waals surface area contributed by atoms with Crippen molar-refractivity contribution in [2.24, 2.45) is 0 Å². The number of esters is 1. The van der Waals surface area contributed by atoms with Gasteiger partial charge in [-0.3, -0.25) is 4.79 Å². The van der Waals surface area contributed by atoms with Gasteiger partial charge in [0.15, 0.2) is 6.61 Å². The van der Waals surface area contributed by atoms with Crippen molar-refractivity contribution < 1.29 is 27.5 Å². The predicted molar refractivity (Wildman–Crippen MR) is 119 cm³/mol. The molecule has 0 heterocycles. The summed E-state index contributed by atoms with van der Waals surface area (Å²) in [6.07, 6.45) is 2.92. The molecule has 31 heavy (non-hydrogen) atoms. The van der Waals surface area contributed by atoms with Gasteiger partial charge in [-0.1, -0.05) is 25.5 Å². The first kappa shape index (κ1) is 24.4. The Kier molecular flexibility index (Phi) is 9.02. The van der Waals surface area contributed by atoms with E-state index in [-0.39, 0.29) is 25.0 Å². The van der Waals surface area contributed by atoms with Crippen molar-refractivity contribution >= 4 is 27.6 Å². The number of rotatable bonds is 11. The molecule has 0 saturated heterocycles. The summed E-state index contributed by atoms with van der Waals surface area (Å²) in [6, 6.07) is 13.3. The van der Waals surface area contributed by atoms with E-state index in [4.69, 9.17) is 9.47 Å². The summed E-state index contributed by atoms with van der Waals surface area (Å²) >= 11 is 0. The van der Waals surface area contributed by atoms with E-state index in [9.17, 15) is 18.0 Å². The average molecular weight is 449 g/mol. The molecular formula is C22H28N2O6S. The van der Waals surface area contributed by atoms with Crippen LogP contribution in [0.3, 0.4) is 0 Å². The molecule has 0 bridgehead atoms. The molecule has 0 atom stereocenters. The SMILES string of the molecule is CCCCOC(=O)c1ccc(NC(=O)COc2ccc(CN(C)S(C)(=O)=O)cc2)cc1. The number of nitrogens with zero attached hydrogens (tertiary/aromatic N) is 1. The van der Waals surface area contributed by atoms with Crippen molar-refractivity contribution in [3.05, 3.63) is 59.7 Å².